The summed E-state index contributed by atoms with van der Waals surface area (Å²) in [5.41, 5.74) is 2.26. The van der Waals surface area contributed by atoms with Gasteiger partial charge < -0.3 is 9.84 Å². The third-order valence-corrected chi connectivity index (χ3v) is 5.54. The molecule has 1 saturated carbocycles. The van der Waals surface area contributed by atoms with Gasteiger partial charge in [0.05, 0.1) is 6.10 Å². The number of esters is 1. The van der Waals surface area contributed by atoms with Gasteiger partial charge in [0.1, 0.15) is 5.60 Å². The van der Waals surface area contributed by atoms with E-state index in [0.29, 0.717) is 6.42 Å². The Hall–Kier alpha value is -0.830. The molecule has 0 amide bonds. The molecule has 0 aliphatic heterocycles. The van der Waals surface area contributed by atoms with Crippen LogP contribution in [0.4, 0.5) is 0 Å². The van der Waals surface area contributed by atoms with Gasteiger partial charge in [0.25, 0.3) is 0 Å². The molecule has 3 atom stereocenters. The molecule has 0 aromatic carbocycles. The van der Waals surface area contributed by atoms with E-state index in [9.17, 15) is 9.90 Å². The molecule has 0 aromatic heterocycles. The van der Waals surface area contributed by atoms with Gasteiger partial charge in [-0.1, -0.05) is 18.1 Å². The van der Waals surface area contributed by atoms with E-state index in [4.69, 9.17) is 4.74 Å². The molecule has 114 valence electrons. The van der Waals surface area contributed by atoms with Crippen molar-refractivity contribution in [3.63, 3.8) is 0 Å². The molecule has 1 N–H and O–H groups in total. The predicted octanol–water partition coefficient (Wildman–Crippen LogP) is 3.61. The topological polar surface area (TPSA) is 46.5 Å². The summed E-state index contributed by atoms with van der Waals surface area (Å²) in [7, 11) is 0. The molecule has 0 aromatic rings. The van der Waals surface area contributed by atoms with E-state index >= 15 is 0 Å². The fourth-order valence-electron chi connectivity index (χ4n) is 4.13. The molecule has 0 bridgehead atoms. The summed E-state index contributed by atoms with van der Waals surface area (Å²) in [6, 6.07) is 0. The first-order valence-electron chi connectivity index (χ1n) is 7.73. The fraction of sp³-hybridized carbons (Fsp3) is 0.824. The summed E-state index contributed by atoms with van der Waals surface area (Å²) in [5.74, 6) is -0.0512. The van der Waals surface area contributed by atoms with Crippen molar-refractivity contribution in [1.82, 2.24) is 0 Å². The average molecular weight is 280 g/mol. The summed E-state index contributed by atoms with van der Waals surface area (Å²) in [4.78, 5) is 11.3. The normalized spacial score (nSPS) is 34.7. The summed E-state index contributed by atoms with van der Waals surface area (Å²) >= 11 is 0. The molecule has 0 heterocycles. The highest BCUT2D eigenvalue weighted by atomic mass is 16.6. The van der Waals surface area contributed by atoms with Gasteiger partial charge in [0, 0.05) is 18.3 Å². The van der Waals surface area contributed by atoms with E-state index < -0.39 is 5.60 Å². The molecule has 2 aliphatic rings. The molecule has 0 unspecified atom stereocenters. The Labute approximate surface area is 122 Å². The first kappa shape index (κ1) is 15.6. The van der Waals surface area contributed by atoms with Crippen molar-refractivity contribution >= 4 is 5.97 Å². The van der Waals surface area contributed by atoms with Crippen molar-refractivity contribution < 1.29 is 14.6 Å². The molecule has 0 spiro atoms. The lowest BCUT2D eigenvalue weighted by Gasteiger charge is -2.50. The Morgan fingerprint density at radius 3 is 2.70 bits per heavy atom. The maximum absolute atomic E-state index is 11.3. The minimum Gasteiger partial charge on any atom is -0.460 e. The van der Waals surface area contributed by atoms with Crippen LogP contribution in [-0.4, -0.2) is 22.8 Å². The number of hydrogen-bond acceptors (Lipinski definition) is 3. The smallest absolute Gasteiger partial charge is 0.303 e. The minimum atomic E-state index is -0.515. The summed E-state index contributed by atoms with van der Waals surface area (Å²) < 4.78 is 5.50. The van der Waals surface area contributed by atoms with Gasteiger partial charge in [-0.05, 0) is 52.9 Å². The Bertz CT molecular complexity index is 436. The van der Waals surface area contributed by atoms with E-state index in [1.54, 1.807) is 0 Å². The maximum atomic E-state index is 11.3. The lowest BCUT2D eigenvalue weighted by Crippen LogP contribution is -2.48. The van der Waals surface area contributed by atoms with Gasteiger partial charge in [-0.15, -0.1) is 0 Å². The van der Waals surface area contributed by atoms with Crippen molar-refractivity contribution in [1.29, 1.82) is 0 Å². The van der Waals surface area contributed by atoms with Gasteiger partial charge in [0.15, 0.2) is 0 Å². The zero-order valence-corrected chi connectivity index (χ0v) is 13.5. The zero-order chi connectivity index (χ0) is 15.1. The van der Waals surface area contributed by atoms with Gasteiger partial charge in [-0.3, -0.25) is 4.79 Å². The van der Waals surface area contributed by atoms with E-state index in [1.807, 2.05) is 13.8 Å². The zero-order valence-electron chi connectivity index (χ0n) is 13.5. The Kier molecular flexibility index (Phi) is 4.03. The first-order chi connectivity index (χ1) is 9.17. The molecule has 1 fully saturated rings. The number of allylic oxidation sites excluding steroid dienone is 1. The Balaban J connectivity index is 2.28. The average Bonchev–Trinajstić information content (AvgIpc) is 2.29. The second-order valence-electron chi connectivity index (χ2n) is 7.38. The number of aliphatic hydroxyl groups excluding tert-OH is 1. The second-order valence-corrected chi connectivity index (χ2v) is 7.38. The van der Waals surface area contributed by atoms with Crippen molar-refractivity contribution in [3.8, 4) is 0 Å². The van der Waals surface area contributed by atoms with Gasteiger partial charge in [0.2, 0.25) is 0 Å². The van der Waals surface area contributed by atoms with Crippen molar-refractivity contribution in [3.05, 3.63) is 11.1 Å². The fourth-order valence-corrected chi connectivity index (χ4v) is 4.13. The van der Waals surface area contributed by atoms with Crippen LogP contribution in [-0.2, 0) is 9.53 Å². The third kappa shape index (κ3) is 2.65. The molecular weight excluding hydrogens is 252 g/mol. The maximum Gasteiger partial charge on any atom is 0.303 e. The number of rotatable bonds is 2. The standard InChI is InChI=1S/C17H28O3/c1-11-7-6-8-17(5)14(11)9-13(10-15(17)19)16(3,4)20-12(2)18/h13,15,19H,6-10H2,1-5H3/t13-,15-,17-/m0/s1. The quantitative estimate of drug-likeness (QED) is 0.621. The number of hydrogen-bond donors (Lipinski definition) is 1. The largest absolute Gasteiger partial charge is 0.460 e. The van der Waals surface area contributed by atoms with Crippen LogP contribution in [0.2, 0.25) is 0 Å². The number of ether oxygens (including phenoxy) is 1. The second kappa shape index (κ2) is 5.18. The molecule has 3 nitrogen and oxygen atoms in total. The van der Waals surface area contributed by atoms with Crippen molar-refractivity contribution in [2.24, 2.45) is 11.3 Å². The summed E-state index contributed by atoms with van der Waals surface area (Å²) in [5, 5.41) is 10.7. The van der Waals surface area contributed by atoms with Crippen molar-refractivity contribution in [2.75, 3.05) is 0 Å². The van der Waals surface area contributed by atoms with Gasteiger partial charge in [-0.25, -0.2) is 0 Å². The van der Waals surface area contributed by atoms with Crippen molar-refractivity contribution in [2.45, 2.75) is 78.4 Å². The van der Waals surface area contributed by atoms with E-state index in [2.05, 4.69) is 13.8 Å². The Morgan fingerprint density at radius 1 is 1.45 bits per heavy atom. The van der Waals surface area contributed by atoms with Crippen LogP contribution in [0.3, 0.4) is 0 Å². The molecule has 20 heavy (non-hydrogen) atoms. The van der Waals surface area contributed by atoms with Crippen LogP contribution in [0.5, 0.6) is 0 Å². The molecular formula is C17H28O3. The van der Waals surface area contributed by atoms with E-state index in [-0.39, 0.29) is 23.4 Å². The highest BCUT2D eigenvalue weighted by Gasteiger charge is 2.48. The van der Waals surface area contributed by atoms with Crippen LogP contribution in [0.25, 0.3) is 0 Å². The van der Waals surface area contributed by atoms with E-state index in [0.717, 1.165) is 19.3 Å². The lowest BCUT2D eigenvalue weighted by atomic mass is 9.58. The number of carbonyl (C=O) groups excluding carboxylic acids is 1. The third-order valence-electron chi connectivity index (χ3n) is 5.54. The predicted molar refractivity (Wildman–Crippen MR) is 79.2 cm³/mol. The first-order valence-corrected chi connectivity index (χ1v) is 7.73. The number of fused-ring (bicyclic) bond motifs is 1. The monoisotopic (exact) mass is 280 g/mol. The lowest BCUT2D eigenvalue weighted by molar-refractivity contribution is -0.162. The van der Waals surface area contributed by atoms with Crippen LogP contribution in [0.15, 0.2) is 11.1 Å². The molecule has 2 aliphatic carbocycles. The highest BCUT2D eigenvalue weighted by Crippen LogP contribution is 2.53. The van der Waals surface area contributed by atoms with Crippen LogP contribution >= 0.6 is 0 Å². The Morgan fingerprint density at radius 2 is 2.10 bits per heavy atom. The number of carbonyl (C=O) groups is 1. The van der Waals surface area contributed by atoms with Crippen LogP contribution in [0.1, 0.15) is 66.7 Å². The number of aliphatic hydroxyl groups is 1. The molecule has 2 rings (SSSR count). The van der Waals surface area contributed by atoms with Gasteiger partial charge >= 0.3 is 5.97 Å². The summed E-state index contributed by atoms with van der Waals surface area (Å²) in [6.07, 6.45) is 4.70. The highest BCUT2D eigenvalue weighted by molar-refractivity contribution is 5.66. The van der Waals surface area contributed by atoms with E-state index in [1.165, 1.54) is 24.5 Å². The molecule has 0 radical (unpaired) electrons. The SMILES string of the molecule is CC(=O)OC(C)(C)[C@H]1CC2=C(C)CCC[C@]2(C)[C@@H](O)C1. The molecule has 0 saturated heterocycles. The molecule has 3 heteroatoms. The minimum absolute atomic E-state index is 0.0643. The van der Waals surface area contributed by atoms with Crippen LogP contribution < -0.4 is 0 Å². The summed E-state index contributed by atoms with van der Waals surface area (Å²) in [6.45, 7) is 9.78. The van der Waals surface area contributed by atoms with Crippen LogP contribution in [0, 0.1) is 11.3 Å². The van der Waals surface area contributed by atoms with Gasteiger partial charge in [-0.2, -0.15) is 0 Å².